The lowest BCUT2D eigenvalue weighted by Gasteiger charge is -2.38. The molecule has 1 saturated carbocycles. The lowest BCUT2D eigenvalue weighted by molar-refractivity contribution is -0.118. The third-order valence-electron chi connectivity index (χ3n) is 3.66. The maximum absolute atomic E-state index is 11.6. The van der Waals surface area contributed by atoms with Gasteiger partial charge >= 0.3 is 0 Å². The lowest BCUT2D eigenvalue weighted by Crippen LogP contribution is -2.60. The molecule has 4 N–H and O–H groups in total. The highest BCUT2D eigenvalue weighted by Gasteiger charge is 2.48. The van der Waals surface area contributed by atoms with Crippen LogP contribution in [-0.2, 0) is 29.8 Å². The van der Waals surface area contributed by atoms with Crippen molar-refractivity contribution in [2.75, 3.05) is 0 Å². The summed E-state index contributed by atoms with van der Waals surface area (Å²) >= 11 is 0. The van der Waals surface area contributed by atoms with Gasteiger partial charge in [-0.1, -0.05) is 13.2 Å². The Morgan fingerprint density at radius 3 is 1.33 bits per heavy atom. The zero-order chi connectivity index (χ0) is 18.7. The Hall–Kier alpha value is -1.76. The highest BCUT2D eigenvalue weighted by Crippen LogP contribution is 2.29. The molecular weight excluding hydrogens is 364 g/mol. The van der Waals surface area contributed by atoms with Crippen molar-refractivity contribution in [3.63, 3.8) is 0 Å². The van der Waals surface area contributed by atoms with Gasteiger partial charge in [0.15, 0.2) is 0 Å². The molecule has 4 atom stereocenters. The summed E-state index contributed by atoms with van der Waals surface area (Å²) in [4.78, 5) is 22.8. The maximum atomic E-state index is 11.6. The van der Waals surface area contributed by atoms with Crippen LogP contribution in [-0.4, -0.2) is 60.3 Å². The van der Waals surface area contributed by atoms with E-state index in [4.69, 9.17) is 0 Å². The van der Waals surface area contributed by atoms with E-state index < -0.39 is 67.5 Å². The standard InChI is InChI=1S/C12H18N2O8S2/c1-3-11(15)13-7-5-10(24(20,21)22)8(14-12(16)4-2)6-9(7)23(17,18)19/h3-4,7-10H,1-2,5-6H2,(H,13,15)(H,14,16)(H,17,18,19)(H,20,21,22). The Bertz CT molecular complexity index is 679. The van der Waals surface area contributed by atoms with Crippen molar-refractivity contribution in [1.82, 2.24) is 10.6 Å². The highest BCUT2D eigenvalue weighted by molar-refractivity contribution is 7.87. The van der Waals surface area contributed by atoms with Gasteiger partial charge in [-0.15, -0.1) is 0 Å². The van der Waals surface area contributed by atoms with Crippen LogP contribution in [0, 0.1) is 0 Å². The first-order chi connectivity index (χ1) is 10.9. The molecule has 0 aromatic heterocycles. The number of nitrogens with one attached hydrogen (secondary N) is 2. The average molecular weight is 382 g/mol. The molecule has 0 saturated heterocycles. The van der Waals surface area contributed by atoms with Crippen LogP contribution in [0.1, 0.15) is 12.8 Å². The lowest BCUT2D eigenvalue weighted by atomic mass is 9.89. The minimum absolute atomic E-state index is 0.537. The summed E-state index contributed by atoms with van der Waals surface area (Å²) in [5, 5.41) is 1.27. The first kappa shape index (κ1) is 20.3. The number of rotatable bonds is 6. The SMILES string of the molecule is C=CC(=O)NC1CC(S(=O)(=O)O)C(NC(=O)C=C)CC1S(=O)(=O)O. The Kier molecular flexibility index (Phi) is 6.27. The van der Waals surface area contributed by atoms with Crippen LogP contribution in [0.2, 0.25) is 0 Å². The van der Waals surface area contributed by atoms with Crippen molar-refractivity contribution in [2.24, 2.45) is 0 Å². The third-order valence-corrected chi connectivity index (χ3v) is 6.23. The van der Waals surface area contributed by atoms with Gasteiger partial charge in [-0.2, -0.15) is 16.8 Å². The molecular formula is C12H18N2O8S2. The fraction of sp³-hybridized carbons (Fsp3) is 0.500. The minimum Gasteiger partial charge on any atom is -0.348 e. The molecule has 2 amide bonds. The molecule has 0 bridgehead atoms. The molecule has 1 fully saturated rings. The molecule has 12 heteroatoms. The summed E-state index contributed by atoms with van der Waals surface area (Å²) in [6.07, 6.45) is 0.611. The Labute approximate surface area is 139 Å². The fourth-order valence-electron chi connectivity index (χ4n) is 2.58. The van der Waals surface area contributed by atoms with Gasteiger partial charge in [-0.25, -0.2) is 0 Å². The molecule has 4 unspecified atom stereocenters. The Morgan fingerprint density at radius 1 is 0.833 bits per heavy atom. The molecule has 0 aromatic rings. The number of carbonyl (C=O) groups is 2. The van der Waals surface area contributed by atoms with E-state index in [1.54, 1.807) is 0 Å². The summed E-state index contributed by atoms with van der Waals surface area (Å²) in [7, 11) is -9.35. The molecule has 136 valence electrons. The van der Waals surface area contributed by atoms with E-state index >= 15 is 0 Å². The minimum atomic E-state index is -4.68. The van der Waals surface area contributed by atoms with Crippen molar-refractivity contribution in [2.45, 2.75) is 35.4 Å². The zero-order valence-corrected chi connectivity index (χ0v) is 14.1. The van der Waals surface area contributed by atoms with E-state index in [-0.39, 0.29) is 0 Å². The number of hydrogen-bond acceptors (Lipinski definition) is 6. The van der Waals surface area contributed by atoms with Crippen molar-refractivity contribution in [1.29, 1.82) is 0 Å². The van der Waals surface area contributed by atoms with Crippen molar-refractivity contribution in [3.05, 3.63) is 25.3 Å². The molecule has 0 spiro atoms. The molecule has 1 aliphatic rings. The third kappa shape index (κ3) is 5.12. The normalized spacial score (nSPS) is 27.8. The fourth-order valence-corrected chi connectivity index (χ4v) is 4.67. The molecule has 24 heavy (non-hydrogen) atoms. The van der Waals surface area contributed by atoms with E-state index in [2.05, 4.69) is 23.8 Å². The summed E-state index contributed by atoms with van der Waals surface area (Å²) in [6.45, 7) is 6.37. The van der Waals surface area contributed by atoms with Crippen LogP contribution in [0.25, 0.3) is 0 Å². The predicted octanol–water partition coefficient (Wildman–Crippen LogP) is -1.37. The molecule has 0 radical (unpaired) electrons. The molecule has 10 nitrogen and oxygen atoms in total. The van der Waals surface area contributed by atoms with Crippen LogP contribution in [0.4, 0.5) is 0 Å². The van der Waals surface area contributed by atoms with Crippen LogP contribution in [0.5, 0.6) is 0 Å². The van der Waals surface area contributed by atoms with E-state index in [9.17, 15) is 35.5 Å². The van der Waals surface area contributed by atoms with Crippen molar-refractivity contribution < 1.29 is 35.5 Å². The number of carbonyl (C=O) groups excluding carboxylic acids is 2. The van der Waals surface area contributed by atoms with Gasteiger partial charge in [0, 0.05) is 12.1 Å². The van der Waals surface area contributed by atoms with Gasteiger partial charge < -0.3 is 10.6 Å². The molecule has 0 aliphatic heterocycles. The van der Waals surface area contributed by atoms with Gasteiger partial charge in [0.2, 0.25) is 11.8 Å². The molecule has 0 aromatic carbocycles. The summed E-state index contributed by atoms with van der Waals surface area (Å²) in [6, 6.07) is -2.59. The van der Waals surface area contributed by atoms with Crippen LogP contribution >= 0.6 is 0 Å². The first-order valence-electron chi connectivity index (χ1n) is 6.68. The summed E-state index contributed by atoms with van der Waals surface area (Å²) in [5.41, 5.74) is 0. The van der Waals surface area contributed by atoms with E-state index in [1.165, 1.54) is 0 Å². The Morgan fingerprint density at radius 2 is 1.12 bits per heavy atom. The predicted molar refractivity (Wildman–Crippen MR) is 84.2 cm³/mol. The second-order valence-electron chi connectivity index (χ2n) is 5.22. The number of hydrogen-bond donors (Lipinski definition) is 4. The van der Waals surface area contributed by atoms with Gasteiger partial charge in [0.25, 0.3) is 20.2 Å². The molecule has 0 heterocycles. The summed E-state index contributed by atoms with van der Waals surface area (Å²) < 4.78 is 64.9. The van der Waals surface area contributed by atoms with Crippen LogP contribution in [0.3, 0.4) is 0 Å². The quantitative estimate of drug-likeness (QED) is 0.322. The molecule has 1 aliphatic carbocycles. The second kappa shape index (κ2) is 7.42. The smallest absolute Gasteiger partial charge is 0.269 e. The van der Waals surface area contributed by atoms with Gasteiger partial charge in [0.05, 0.1) is 0 Å². The van der Waals surface area contributed by atoms with E-state index in [0.717, 1.165) is 12.2 Å². The maximum Gasteiger partial charge on any atom is 0.269 e. The van der Waals surface area contributed by atoms with Gasteiger partial charge in [0.1, 0.15) is 10.5 Å². The topological polar surface area (TPSA) is 167 Å². The van der Waals surface area contributed by atoms with E-state index in [1.807, 2.05) is 0 Å². The van der Waals surface area contributed by atoms with Crippen LogP contribution < -0.4 is 10.6 Å². The molecule has 1 rings (SSSR count). The average Bonchev–Trinajstić information content (AvgIpc) is 2.45. The van der Waals surface area contributed by atoms with E-state index in [0.29, 0.717) is 0 Å². The number of amides is 2. The highest BCUT2D eigenvalue weighted by atomic mass is 32.2. The van der Waals surface area contributed by atoms with Crippen molar-refractivity contribution >= 4 is 32.1 Å². The Balaban J connectivity index is 3.25. The zero-order valence-electron chi connectivity index (χ0n) is 12.5. The second-order valence-corrected chi connectivity index (χ2v) is 8.49. The van der Waals surface area contributed by atoms with Gasteiger partial charge in [-0.3, -0.25) is 18.7 Å². The van der Waals surface area contributed by atoms with Gasteiger partial charge in [-0.05, 0) is 25.0 Å². The first-order valence-corrected chi connectivity index (χ1v) is 9.69. The van der Waals surface area contributed by atoms with Crippen molar-refractivity contribution in [3.8, 4) is 0 Å². The largest absolute Gasteiger partial charge is 0.348 e. The summed E-state index contributed by atoms with van der Waals surface area (Å²) in [5.74, 6) is -1.56. The van der Waals surface area contributed by atoms with Crippen LogP contribution in [0.15, 0.2) is 25.3 Å². The monoisotopic (exact) mass is 382 g/mol.